The third kappa shape index (κ3) is 4.80. The van der Waals surface area contributed by atoms with Crippen molar-refractivity contribution in [2.24, 2.45) is 0 Å². The molecule has 0 rings (SSSR count). The minimum absolute atomic E-state index is 1.27. The second-order valence-electron chi connectivity index (χ2n) is 4.20. The fourth-order valence-electron chi connectivity index (χ4n) is 1.83. The summed E-state index contributed by atoms with van der Waals surface area (Å²) in [6.07, 6.45) is 6.68. The van der Waals surface area contributed by atoms with E-state index in [1.54, 1.807) is 0 Å². The van der Waals surface area contributed by atoms with Crippen LogP contribution in [0.2, 0.25) is 12.1 Å². The molecule has 0 radical (unpaired) electrons. The van der Waals surface area contributed by atoms with E-state index >= 15 is 0 Å². The van der Waals surface area contributed by atoms with E-state index in [9.17, 15) is 0 Å². The predicted molar refractivity (Wildman–Crippen MR) is 70.2 cm³/mol. The molecule has 0 spiro atoms. The fourth-order valence-corrected chi connectivity index (χ4v) is 4.98. The van der Waals surface area contributed by atoms with Crippen molar-refractivity contribution in [2.45, 2.75) is 58.0 Å². The Bertz CT molecular complexity index is 153. The topological polar surface area (TPSA) is 0 Å². The summed E-state index contributed by atoms with van der Waals surface area (Å²) in [4.78, 5) is 0. The van der Waals surface area contributed by atoms with E-state index in [2.05, 4.69) is 38.4 Å². The zero-order chi connectivity index (χ0) is 10.9. The van der Waals surface area contributed by atoms with Crippen LogP contribution in [0.4, 0.5) is 0 Å². The first kappa shape index (κ1) is 13.7. The van der Waals surface area contributed by atoms with Crippen molar-refractivity contribution in [1.29, 1.82) is 0 Å². The van der Waals surface area contributed by atoms with Crippen molar-refractivity contribution in [1.82, 2.24) is 0 Å². The van der Waals surface area contributed by atoms with Gasteiger partial charge < -0.3 is 0 Å². The highest BCUT2D eigenvalue weighted by Crippen LogP contribution is 2.24. The summed E-state index contributed by atoms with van der Waals surface area (Å²) in [6.45, 7) is 12.6. The van der Waals surface area contributed by atoms with Gasteiger partial charge in [-0.15, -0.1) is 13.2 Å². The Morgan fingerprint density at radius 3 is 1.79 bits per heavy atom. The van der Waals surface area contributed by atoms with Crippen molar-refractivity contribution in [3.63, 3.8) is 0 Å². The van der Waals surface area contributed by atoms with Crippen molar-refractivity contribution >= 4 is 8.07 Å². The Balaban J connectivity index is 4.07. The van der Waals surface area contributed by atoms with E-state index in [4.69, 9.17) is 0 Å². The zero-order valence-corrected chi connectivity index (χ0v) is 11.0. The molecule has 1 heteroatoms. The van der Waals surface area contributed by atoms with Crippen LogP contribution in [0.15, 0.2) is 24.6 Å². The molecule has 0 saturated carbocycles. The molecule has 0 aliphatic rings. The first-order valence-corrected chi connectivity index (χ1v) is 8.58. The molecule has 0 bridgehead atoms. The maximum Gasteiger partial charge on any atom is 0.100 e. The lowest BCUT2D eigenvalue weighted by molar-refractivity contribution is 0.759. The van der Waals surface area contributed by atoms with Crippen LogP contribution in [0.25, 0.3) is 0 Å². The molecular weight excluding hydrogens is 184 g/mol. The highest BCUT2D eigenvalue weighted by atomic mass is 28.3. The highest BCUT2D eigenvalue weighted by molar-refractivity contribution is 6.88. The molecule has 0 N–H and O–H groups in total. The van der Waals surface area contributed by atoms with Gasteiger partial charge in [-0.3, -0.25) is 0 Å². The van der Waals surface area contributed by atoms with Gasteiger partial charge in [-0.2, -0.15) is 0 Å². The van der Waals surface area contributed by atoms with Crippen LogP contribution in [0.1, 0.15) is 46.0 Å². The van der Waals surface area contributed by atoms with Gasteiger partial charge in [-0.25, -0.2) is 0 Å². The van der Waals surface area contributed by atoms with Crippen LogP contribution in [0.3, 0.4) is 0 Å². The van der Waals surface area contributed by atoms with Crippen molar-refractivity contribution in [3.8, 4) is 0 Å². The van der Waals surface area contributed by atoms with Gasteiger partial charge in [0, 0.05) is 0 Å². The van der Waals surface area contributed by atoms with Crippen LogP contribution in [0, 0.1) is 0 Å². The van der Waals surface area contributed by atoms with Gasteiger partial charge in [0.2, 0.25) is 0 Å². The fraction of sp³-hybridized carbons (Fsp3) is 0.692. The first-order valence-electron chi connectivity index (χ1n) is 6.02. The second kappa shape index (κ2) is 8.04. The molecule has 0 nitrogen and oxygen atoms in total. The lowest BCUT2D eigenvalue weighted by Gasteiger charge is -2.24. The maximum atomic E-state index is 4.03. The molecular formula is C13H26Si. The lowest BCUT2D eigenvalue weighted by atomic mass is 10.3. The molecule has 0 saturated heterocycles. The average molecular weight is 210 g/mol. The molecule has 14 heavy (non-hydrogen) atoms. The van der Waals surface area contributed by atoms with Crippen molar-refractivity contribution < 1.29 is 0 Å². The Hall–Kier alpha value is -0.303. The second-order valence-corrected chi connectivity index (χ2v) is 8.48. The quantitative estimate of drug-likeness (QED) is 0.376. The normalized spacial score (nSPS) is 11.3. The van der Waals surface area contributed by atoms with Crippen LogP contribution in [-0.2, 0) is 0 Å². The molecule has 0 fully saturated rings. The van der Waals surface area contributed by atoms with Crippen molar-refractivity contribution in [3.05, 3.63) is 24.6 Å². The Morgan fingerprint density at radius 1 is 0.857 bits per heavy atom. The van der Waals surface area contributed by atoms with Gasteiger partial charge in [0.1, 0.15) is 8.07 Å². The SMILES string of the molecule is C=C[Si](C=C)(CCCC)CCCCC. The van der Waals surface area contributed by atoms with Crippen LogP contribution in [0.5, 0.6) is 0 Å². The van der Waals surface area contributed by atoms with E-state index in [1.807, 2.05) is 0 Å². The smallest absolute Gasteiger partial charge is 0.100 e. The number of hydrogen-bond acceptors (Lipinski definition) is 0. The largest absolute Gasteiger partial charge is 0.107 e. The summed E-state index contributed by atoms with van der Waals surface area (Å²) < 4.78 is 0. The summed E-state index contributed by atoms with van der Waals surface area (Å²) >= 11 is 0. The van der Waals surface area contributed by atoms with Gasteiger partial charge in [0.25, 0.3) is 0 Å². The lowest BCUT2D eigenvalue weighted by Crippen LogP contribution is -2.28. The number of unbranched alkanes of at least 4 members (excludes halogenated alkanes) is 3. The van der Waals surface area contributed by atoms with Crippen LogP contribution in [-0.4, -0.2) is 8.07 Å². The maximum absolute atomic E-state index is 4.03. The summed E-state index contributed by atoms with van der Waals surface area (Å²) in [5, 5.41) is 0. The van der Waals surface area contributed by atoms with E-state index in [0.717, 1.165) is 0 Å². The van der Waals surface area contributed by atoms with E-state index in [-0.39, 0.29) is 0 Å². The summed E-state index contributed by atoms with van der Waals surface area (Å²) in [5.74, 6) is 0. The van der Waals surface area contributed by atoms with Gasteiger partial charge in [0.15, 0.2) is 0 Å². The third-order valence-electron chi connectivity index (χ3n) is 3.05. The first-order chi connectivity index (χ1) is 6.74. The highest BCUT2D eigenvalue weighted by Gasteiger charge is 2.23. The molecule has 0 atom stereocenters. The van der Waals surface area contributed by atoms with E-state index in [0.29, 0.717) is 0 Å². The molecule has 0 amide bonds. The van der Waals surface area contributed by atoms with Gasteiger partial charge in [-0.05, 0) is 0 Å². The minimum atomic E-state index is -1.27. The molecule has 0 aliphatic heterocycles. The molecule has 0 aromatic rings. The average Bonchev–Trinajstić information content (AvgIpc) is 2.24. The van der Waals surface area contributed by atoms with E-state index in [1.165, 1.54) is 44.2 Å². The zero-order valence-electron chi connectivity index (χ0n) is 10.0. The molecule has 0 heterocycles. The van der Waals surface area contributed by atoms with Crippen LogP contribution >= 0.6 is 0 Å². The molecule has 0 aromatic heterocycles. The number of hydrogen-bond donors (Lipinski definition) is 0. The predicted octanol–water partition coefficient (Wildman–Crippen LogP) is 4.88. The molecule has 82 valence electrons. The summed E-state index contributed by atoms with van der Waals surface area (Å²) in [5.41, 5.74) is 4.48. The summed E-state index contributed by atoms with van der Waals surface area (Å²) in [6, 6.07) is 2.73. The standard InChI is InChI=1S/C13H26Si/c1-5-9-11-13-14(7-3,8-4)12-10-6-2/h7-8H,3-6,9-13H2,1-2H3. The van der Waals surface area contributed by atoms with Crippen molar-refractivity contribution in [2.75, 3.05) is 0 Å². The van der Waals surface area contributed by atoms with Gasteiger partial charge >= 0.3 is 0 Å². The van der Waals surface area contributed by atoms with Crippen LogP contribution < -0.4 is 0 Å². The third-order valence-corrected chi connectivity index (χ3v) is 7.25. The van der Waals surface area contributed by atoms with Gasteiger partial charge in [0.05, 0.1) is 0 Å². The Labute approximate surface area is 91.1 Å². The number of rotatable bonds is 9. The molecule has 0 unspecified atom stereocenters. The molecule has 0 aromatic carbocycles. The Morgan fingerprint density at radius 2 is 1.36 bits per heavy atom. The van der Waals surface area contributed by atoms with Gasteiger partial charge in [-0.1, -0.05) is 69.4 Å². The summed E-state index contributed by atoms with van der Waals surface area (Å²) in [7, 11) is -1.27. The van der Waals surface area contributed by atoms with E-state index < -0.39 is 8.07 Å². The monoisotopic (exact) mass is 210 g/mol. The molecule has 0 aliphatic carbocycles. The Kier molecular flexibility index (Phi) is 7.87. The minimum Gasteiger partial charge on any atom is -0.107 e.